The molecule has 106 valence electrons. The molecule has 0 aliphatic heterocycles. The molecule has 19 heavy (non-hydrogen) atoms. The van der Waals surface area contributed by atoms with Gasteiger partial charge in [-0.1, -0.05) is 0 Å². The van der Waals surface area contributed by atoms with Gasteiger partial charge >= 0.3 is 5.97 Å². The number of sulfonamides is 1. The normalized spacial score (nSPS) is 13.2. The van der Waals surface area contributed by atoms with Gasteiger partial charge in [0, 0.05) is 6.54 Å². The topological polar surface area (TPSA) is 124 Å². The standard InChI is InChI=1S/C11H15NO6S/c1-6-3-9(14)8(11(15)16)4-10(6)19(17,18)12-5-7(2)13/h3-4,7,12-14H,5H2,1-2H3,(H,15,16)/t7-/m0/s1. The number of nitrogens with one attached hydrogen (secondary N) is 1. The summed E-state index contributed by atoms with van der Waals surface area (Å²) >= 11 is 0. The van der Waals surface area contributed by atoms with Gasteiger partial charge in [0.25, 0.3) is 0 Å². The van der Waals surface area contributed by atoms with Crippen molar-refractivity contribution < 1.29 is 28.5 Å². The molecule has 0 aliphatic carbocycles. The van der Waals surface area contributed by atoms with Gasteiger partial charge in [0.05, 0.1) is 11.0 Å². The summed E-state index contributed by atoms with van der Waals surface area (Å²) in [5.74, 6) is -1.93. The second-order valence-electron chi connectivity index (χ2n) is 4.14. The summed E-state index contributed by atoms with van der Waals surface area (Å²) < 4.78 is 26.0. The minimum Gasteiger partial charge on any atom is -0.507 e. The first-order valence-electron chi connectivity index (χ1n) is 5.39. The van der Waals surface area contributed by atoms with Crippen molar-refractivity contribution in [2.45, 2.75) is 24.8 Å². The molecule has 8 heteroatoms. The Balaban J connectivity index is 3.27. The molecule has 0 saturated heterocycles. The second-order valence-corrected chi connectivity index (χ2v) is 5.88. The van der Waals surface area contributed by atoms with E-state index in [2.05, 4.69) is 4.72 Å². The molecule has 0 radical (unpaired) electrons. The average Bonchev–Trinajstić information content (AvgIpc) is 2.25. The average molecular weight is 289 g/mol. The highest BCUT2D eigenvalue weighted by molar-refractivity contribution is 7.89. The number of aryl methyl sites for hydroxylation is 1. The number of carbonyl (C=O) groups is 1. The fourth-order valence-electron chi connectivity index (χ4n) is 1.44. The molecule has 1 aromatic carbocycles. The van der Waals surface area contributed by atoms with E-state index in [9.17, 15) is 18.3 Å². The predicted octanol–water partition coefficient (Wildman–Crippen LogP) is 0.0579. The SMILES string of the molecule is Cc1cc(O)c(C(=O)O)cc1S(=O)(=O)NC[C@H](C)O. The van der Waals surface area contributed by atoms with Crippen LogP contribution in [0.1, 0.15) is 22.8 Å². The van der Waals surface area contributed by atoms with E-state index in [0.29, 0.717) is 0 Å². The minimum absolute atomic E-state index is 0.189. The molecule has 1 aromatic rings. The van der Waals surface area contributed by atoms with Crippen LogP contribution in [0.2, 0.25) is 0 Å². The Morgan fingerprint density at radius 2 is 2.00 bits per heavy atom. The first kappa shape index (κ1) is 15.4. The van der Waals surface area contributed by atoms with E-state index < -0.39 is 33.4 Å². The van der Waals surface area contributed by atoms with Gasteiger partial charge in [0.2, 0.25) is 10.0 Å². The molecular formula is C11H15NO6S. The van der Waals surface area contributed by atoms with E-state index in [0.717, 1.165) is 12.1 Å². The van der Waals surface area contributed by atoms with E-state index in [1.165, 1.54) is 13.8 Å². The van der Waals surface area contributed by atoms with Crippen LogP contribution in [0.5, 0.6) is 5.75 Å². The van der Waals surface area contributed by atoms with Crippen LogP contribution < -0.4 is 4.72 Å². The third-order valence-corrected chi connectivity index (χ3v) is 3.95. The number of aliphatic hydroxyl groups excluding tert-OH is 1. The first-order chi connectivity index (χ1) is 8.65. The highest BCUT2D eigenvalue weighted by Crippen LogP contribution is 2.25. The number of hydrogen-bond acceptors (Lipinski definition) is 5. The third-order valence-electron chi connectivity index (χ3n) is 2.38. The monoisotopic (exact) mass is 289 g/mol. The number of carboxylic acid groups (broad SMARTS) is 1. The largest absolute Gasteiger partial charge is 0.507 e. The highest BCUT2D eigenvalue weighted by atomic mass is 32.2. The maximum absolute atomic E-state index is 11.9. The molecule has 0 bridgehead atoms. The minimum atomic E-state index is -3.94. The molecule has 0 aliphatic rings. The number of rotatable bonds is 5. The fourth-order valence-corrected chi connectivity index (χ4v) is 2.81. The van der Waals surface area contributed by atoms with E-state index >= 15 is 0 Å². The van der Waals surface area contributed by atoms with E-state index in [4.69, 9.17) is 10.2 Å². The van der Waals surface area contributed by atoms with Gasteiger partial charge < -0.3 is 15.3 Å². The summed E-state index contributed by atoms with van der Waals surface area (Å²) in [6, 6.07) is 1.96. The van der Waals surface area contributed by atoms with E-state index in [1.54, 1.807) is 0 Å². The number of benzene rings is 1. The van der Waals surface area contributed by atoms with Crippen molar-refractivity contribution in [2.75, 3.05) is 6.54 Å². The van der Waals surface area contributed by atoms with Crippen molar-refractivity contribution in [2.24, 2.45) is 0 Å². The Morgan fingerprint density at radius 3 is 2.47 bits per heavy atom. The summed E-state index contributed by atoms with van der Waals surface area (Å²) in [6.07, 6.45) is -0.869. The molecule has 7 nitrogen and oxygen atoms in total. The van der Waals surface area contributed by atoms with Crippen LogP contribution >= 0.6 is 0 Å². The van der Waals surface area contributed by atoms with Crippen LogP contribution in [-0.2, 0) is 10.0 Å². The zero-order chi connectivity index (χ0) is 14.8. The summed E-state index contributed by atoms with van der Waals surface area (Å²) in [5, 5.41) is 27.3. The molecule has 0 heterocycles. The lowest BCUT2D eigenvalue weighted by atomic mass is 10.1. The van der Waals surface area contributed by atoms with Crippen LogP contribution in [-0.4, -0.2) is 42.4 Å². The van der Waals surface area contributed by atoms with E-state index in [1.807, 2.05) is 0 Å². The number of hydrogen-bond donors (Lipinski definition) is 4. The van der Waals surface area contributed by atoms with Gasteiger partial charge in [0.15, 0.2) is 0 Å². The van der Waals surface area contributed by atoms with Crippen molar-refractivity contribution in [1.82, 2.24) is 4.72 Å². The second kappa shape index (κ2) is 5.55. The molecule has 4 N–H and O–H groups in total. The van der Waals surface area contributed by atoms with Gasteiger partial charge in [-0.3, -0.25) is 0 Å². The molecule has 0 aromatic heterocycles. The number of aliphatic hydroxyl groups is 1. The maximum atomic E-state index is 11.9. The molecule has 0 saturated carbocycles. The Labute approximate surface area is 110 Å². The third kappa shape index (κ3) is 3.66. The lowest BCUT2D eigenvalue weighted by molar-refractivity contribution is 0.0693. The van der Waals surface area contributed by atoms with Gasteiger partial charge in [0.1, 0.15) is 11.3 Å². The molecule has 0 spiro atoms. The number of phenols is 1. The van der Waals surface area contributed by atoms with E-state index in [-0.39, 0.29) is 17.0 Å². The lowest BCUT2D eigenvalue weighted by Gasteiger charge is -2.12. The van der Waals surface area contributed by atoms with Crippen LogP contribution in [0.15, 0.2) is 17.0 Å². The van der Waals surface area contributed by atoms with Crippen LogP contribution in [0.4, 0.5) is 0 Å². The molecule has 1 rings (SSSR count). The molecular weight excluding hydrogens is 274 g/mol. The van der Waals surface area contributed by atoms with Crippen LogP contribution in [0, 0.1) is 6.92 Å². The van der Waals surface area contributed by atoms with Crippen molar-refractivity contribution in [3.8, 4) is 5.75 Å². The van der Waals surface area contributed by atoms with Gasteiger partial charge in [-0.2, -0.15) is 0 Å². The zero-order valence-corrected chi connectivity index (χ0v) is 11.2. The van der Waals surface area contributed by atoms with Crippen LogP contribution in [0.3, 0.4) is 0 Å². The Kier molecular flexibility index (Phi) is 4.51. The lowest BCUT2D eigenvalue weighted by Crippen LogP contribution is -2.31. The van der Waals surface area contributed by atoms with Gasteiger partial charge in [-0.25, -0.2) is 17.9 Å². The van der Waals surface area contributed by atoms with Gasteiger partial charge in [-0.05, 0) is 31.5 Å². The number of carboxylic acids is 1. The van der Waals surface area contributed by atoms with Crippen molar-refractivity contribution in [3.63, 3.8) is 0 Å². The van der Waals surface area contributed by atoms with Crippen molar-refractivity contribution >= 4 is 16.0 Å². The summed E-state index contributed by atoms with van der Waals surface area (Å²) in [5.41, 5.74) is -0.288. The Morgan fingerprint density at radius 1 is 1.42 bits per heavy atom. The predicted molar refractivity (Wildman–Crippen MR) is 66.7 cm³/mol. The van der Waals surface area contributed by atoms with Crippen LogP contribution in [0.25, 0.3) is 0 Å². The highest BCUT2D eigenvalue weighted by Gasteiger charge is 2.21. The van der Waals surface area contributed by atoms with Crippen molar-refractivity contribution in [3.05, 3.63) is 23.3 Å². The summed E-state index contributed by atoms with van der Waals surface area (Å²) in [6.45, 7) is 2.65. The van der Waals surface area contributed by atoms with Crippen molar-refractivity contribution in [1.29, 1.82) is 0 Å². The number of aromatic carboxylic acids is 1. The quantitative estimate of drug-likeness (QED) is 0.607. The molecule has 1 atom stereocenters. The number of aromatic hydroxyl groups is 1. The first-order valence-corrected chi connectivity index (χ1v) is 6.88. The molecule has 0 unspecified atom stereocenters. The molecule has 0 amide bonds. The Hall–Kier alpha value is -1.64. The maximum Gasteiger partial charge on any atom is 0.339 e. The smallest absolute Gasteiger partial charge is 0.339 e. The Bertz CT molecular complexity index is 593. The summed E-state index contributed by atoms with van der Waals surface area (Å²) in [7, 11) is -3.94. The summed E-state index contributed by atoms with van der Waals surface area (Å²) in [4.78, 5) is 10.6. The molecule has 0 fully saturated rings. The fraction of sp³-hybridized carbons (Fsp3) is 0.364. The zero-order valence-electron chi connectivity index (χ0n) is 10.4. The van der Waals surface area contributed by atoms with Gasteiger partial charge in [-0.15, -0.1) is 0 Å².